The first-order valence-electron chi connectivity index (χ1n) is 10.5. The molecule has 1 aliphatic heterocycles. The molecule has 3 N–H and O–H groups in total. The van der Waals surface area contributed by atoms with Crippen LogP contribution in [0.1, 0.15) is 37.0 Å². The van der Waals surface area contributed by atoms with Crippen molar-refractivity contribution < 1.29 is 4.79 Å². The number of rotatable bonds is 5. The van der Waals surface area contributed by atoms with Gasteiger partial charge in [0.05, 0.1) is 11.0 Å². The molecule has 6 nitrogen and oxygen atoms in total. The first kappa shape index (κ1) is 20.2. The molecule has 0 radical (unpaired) electrons. The highest BCUT2D eigenvalue weighted by Crippen LogP contribution is 2.28. The second-order valence-electron chi connectivity index (χ2n) is 8.18. The van der Waals surface area contributed by atoms with E-state index < -0.39 is 0 Å². The molecule has 0 spiro atoms. The average molecular weight is 404 g/mol. The third kappa shape index (κ3) is 4.39. The van der Waals surface area contributed by atoms with Gasteiger partial charge < -0.3 is 20.5 Å². The highest BCUT2D eigenvalue weighted by Gasteiger charge is 2.22. The lowest BCUT2D eigenvalue weighted by atomic mass is 10.1. The van der Waals surface area contributed by atoms with Crippen molar-refractivity contribution in [1.82, 2.24) is 9.55 Å². The van der Waals surface area contributed by atoms with Gasteiger partial charge in [0.15, 0.2) is 0 Å². The fraction of sp³-hybridized carbons (Fsp3) is 0.333. The predicted octanol–water partition coefficient (Wildman–Crippen LogP) is 4.18. The van der Waals surface area contributed by atoms with Crippen LogP contribution in [0, 0.1) is 0 Å². The van der Waals surface area contributed by atoms with Crippen molar-refractivity contribution in [2.75, 3.05) is 23.3 Å². The summed E-state index contributed by atoms with van der Waals surface area (Å²) >= 11 is 0. The predicted molar refractivity (Wildman–Crippen MR) is 123 cm³/mol. The number of nitrogens with two attached hydrogens (primary N) is 1. The number of aromatic nitrogens is 2. The van der Waals surface area contributed by atoms with Crippen molar-refractivity contribution in [1.29, 1.82) is 0 Å². The Balaban J connectivity index is 1.69. The van der Waals surface area contributed by atoms with Gasteiger partial charge in [0.1, 0.15) is 0 Å². The van der Waals surface area contributed by atoms with Crippen LogP contribution >= 0.6 is 0 Å². The molecular formula is C24H29N5O. The number of carbonyl (C=O) groups is 1. The lowest BCUT2D eigenvalue weighted by Gasteiger charge is -2.31. The molecule has 1 fully saturated rings. The highest BCUT2D eigenvalue weighted by atomic mass is 16.1. The average Bonchev–Trinajstić information content (AvgIpc) is 3.10. The van der Waals surface area contributed by atoms with Crippen LogP contribution in [0.15, 0.2) is 60.2 Å². The van der Waals surface area contributed by atoms with Gasteiger partial charge in [-0.1, -0.05) is 29.8 Å². The van der Waals surface area contributed by atoms with E-state index in [-0.39, 0.29) is 11.9 Å². The van der Waals surface area contributed by atoms with Gasteiger partial charge in [0, 0.05) is 36.9 Å². The third-order valence-electron chi connectivity index (χ3n) is 5.44. The molecule has 156 valence electrons. The number of imidazole rings is 1. The van der Waals surface area contributed by atoms with Gasteiger partial charge in [-0.2, -0.15) is 0 Å². The van der Waals surface area contributed by atoms with Gasteiger partial charge in [-0.25, -0.2) is 4.98 Å². The van der Waals surface area contributed by atoms with Crippen LogP contribution in [-0.4, -0.2) is 34.6 Å². The summed E-state index contributed by atoms with van der Waals surface area (Å²) in [5, 5.41) is 3.01. The van der Waals surface area contributed by atoms with Crippen LogP contribution in [0.2, 0.25) is 0 Å². The van der Waals surface area contributed by atoms with E-state index in [9.17, 15) is 4.79 Å². The van der Waals surface area contributed by atoms with Crippen molar-refractivity contribution in [3.8, 4) is 0 Å². The summed E-state index contributed by atoms with van der Waals surface area (Å²) in [4.78, 5) is 19.8. The summed E-state index contributed by atoms with van der Waals surface area (Å²) in [6.07, 6.45) is 4.33. The molecule has 6 heteroatoms. The number of carbonyl (C=O) groups excluding carboxylic acids is 1. The van der Waals surface area contributed by atoms with E-state index in [0.717, 1.165) is 55.1 Å². The molecule has 2 heterocycles. The minimum Gasteiger partial charge on any atom is -0.341 e. The monoisotopic (exact) mass is 403 g/mol. The number of piperidine rings is 1. The number of benzene rings is 2. The summed E-state index contributed by atoms with van der Waals surface area (Å²) < 4.78 is 2.22. The van der Waals surface area contributed by atoms with E-state index in [0.29, 0.717) is 5.56 Å². The molecule has 3 aromatic rings. The Morgan fingerprint density at radius 2 is 2.03 bits per heavy atom. The van der Waals surface area contributed by atoms with Crippen molar-refractivity contribution in [3.63, 3.8) is 0 Å². The van der Waals surface area contributed by atoms with Crippen molar-refractivity contribution in [3.05, 3.63) is 65.7 Å². The zero-order chi connectivity index (χ0) is 21.1. The molecule has 1 aromatic heterocycles. The zero-order valence-corrected chi connectivity index (χ0v) is 17.6. The van der Waals surface area contributed by atoms with Gasteiger partial charge in [0.25, 0.3) is 5.91 Å². The molecule has 1 amide bonds. The Bertz CT molecular complexity index is 1070. The smallest absolute Gasteiger partial charge is 0.255 e. The van der Waals surface area contributed by atoms with Gasteiger partial charge >= 0.3 is 0 Å². The quantitative estimate of drug-likeness (QED) is 0.627. The van der Waals surface area contributed by atoms with Crippen molar-refractivity contribution in [2.45, 2.75) is 39.3 Å². The van der Waals surface area contributed by atoms with E-state index in [1.54, 1.807) is 0 Å². The van der Waals surface area contributed by atoms with Crippen LogP contribution in [0.5, 0.6) is 0 Å². The number of allylic oxidation sites excluding steroid dienone is 2. The van der Waals surface area contributed by atoms with Crippen LogP contribution < -0.4 is 16.0 Å². The van der Waals surface area contributed by atoms with E-state index >= 15 is 0 Å². The standard InChI is InChI=1S/C24H29N5O/c1-17(2)12-14-29-22-15-20(26-23(30)18-7-4-3-5-8-18)10-11-21(22)27-24(29)28-13-6-9-19(25)16-28/h3-5,7-8,10-12,15,19H,6,9,13-14,16,25H2,1-2H3,(H,26,30)/t19-/m1/s1. The first-order chi connectivity index (χ1) is 14.5. The number of hydrogen-bond acceptors (Lipinski definition) is 4. The minimum absolute atomic E-state index is 0.118. The van der Waals surface area contributed by atoms with E-state index in [4.69, 9.17) is 10.7 Å². The fourth-order valence-electron chi connectivity index (χ4n) is 3.87. The fourth-order valence-corrected chi connectivity index (χ4v) is 3.87. The van der Waals surface area contributed by atoms with Crippen LogP contribution in [0.3, 0.4) is 0 Å². The topological polar surface area (TPSA) is 76.2 Å². The molecular weight excluding hydrogens is 374 g/mol. The number of fused-ring (bicyclic) bond motifs is 1. The second-order valence-corrected chi connectivity index (χ2v) is 8.18. The van der Waals surface area contributed by atoms with E-state index in [1.807, 2.05) is 48.5 Å². The summed E-state index contributed by atoms with van der Waals surface area (Å²) in [5.41, 5.74) is 10.8. The molecule has 0 saturated carbocycles. The Labute approximate surface area is 177 Å². The lowest BCUT2D eigenvalue weighted by molar-refractivity contribution is 0.102. The Morgan fingerprint density at radius 1 is 1.23 bits per heavy atom. The number of amides is 1. The molecule has 0 aliphatic carbocycles. The van der Waals surface area contributed by atoms with Gasteiger partial charge in [-0.3, -0.25) is 4.79 Å². The molecule has 1 atom stereocenters. The zero-order valence-electron chi connectivity index (χ0n) is 17.6. The lowest BCUT2D eigenvalue weighted by Crippen LogP contribution is -2.43. The third-order valence-corrected chi connectivity index (χ3v) is 5.44. The van der Waals surface area contributed by atoms with Crippen molar-refractivity contribution in [2.24, 2.45) is 5.73 Å². The molecule has 0 unspecified atom stereocenters. The molecule has 30 heavy (non-hydrogen) atoms. The summed E-state index contributed by atoms with van der Waals surface area (Å²) in [5.74, 6) is 0.830. The Morgan fingerprint density at radius 3 is 2.77 bits per heavy atom. The molecule has 0 bridgehead atoms. The Kier molecular flexibility index (Phi) is 5.86. The summed E-state index contributed by atoms with van der Waals surface area (Å²) in [6.45, 7) is 6.71. The highest BCUT2D eigenvalue weighted by molar-refractivity contribution is 6.05. The van der Waals surface area contributed by atoms with E-state index in [1.165, 1.54) is 5.57 Å². The largest absolute Gasteiger partial charge is 0.341 e. The van der Waals surface area contributed by atoms with Crippen molar-refractivity contribution >= 4 is 28.6 Å². The minimum atomic E-state index is -0.118. The number of hydrogen-bond donors (Lipinski definition) is 2. The number of nitrogens with zero attached hydrogens (tertiary/aromatic N) is 3. The van der Waals surface area contributed by atoms with Gasteiger partial charge in [-0.05, 0) is 57.0 Å². The van der Waals surface area contributed by atoms with Crippen LogP contribution in [0.4, 0.5) is 11.6 Å². The van der Waals surface area contributed by atoms with Crippen LogP contribution in [0.25, 0.3) is 11.0 Å². The normalized spacial score (nSPS) is 16.5. The summed E-state index contributed by atoms with van der Waals surface area (Å²) in [7, 11) is 0. The SMILES string of the molecule is CC(C)=CCn1c(N2CCC[C@@H](N)C2)nc2ccc(NC(=O)c3ccccc3)cc21. The number of nitrogens with one attached hydrogen (secondary N) is 1. The second kappa shape index (κ2) is 8.71. The molecule has 4 rings (SSSR count). The number of anilines is 2. The maximum Gasteiger partial charge on any atom is 0.255 e. The van der Waals surface area contributed by atoms with Gasteiger partial charge in [0.2, 0.25) is 5.95 Å². The summed E-state index contributed by atoms with van der Waals surface area (Å²) in [6, 6.07) is 15.3. The molecule has 1 aliphatic rings. The maximum absolute atomic E-state index is 12.6. The van der Waals surface area contributed by atoms with Gasteiger partial charge in [-0.15, -0.1) is 0 Å². The van der Waals surface area contributed by atoms with Crippen LogP contribution in [-0.2, 0) is 6.54 Å². The Hall–Kier alpha value is -3.12. The maximum atomic E-state index is 12.6. The van der Waals surface area contributed by atoms with E-state index in [2.05, 4.69) is 34.7 Å². The first-order valence-corrected chi connectivity index (χ1v) is 10.5. The molecule has 2 aromatic carbocycles. The molecule has 1 saturated heterocycles.